The molecule has 1 rings (SSSR count). The lowest BCUT2D eigenvalue weighted by atomic mass is 10.1. The van der Waals surface area contributed by atoms with Crippen LogP contribution in [0.4, 0.5) is 0 Å². The Balaban J connectivity index is 3.17. The van der Waals surface area contributed by atoms with Gasteiger partial charge in [-0.3, -0.25) is 0 Å². The van der Waals surface area contributed by atoms with E-state index in [4.69, 9.17) is 23.2 Å². The molecule has 0 fully saturated rings. The number of thiophene rings is 1. The first-order valence-electron chi connectivity index (χ1n) is 4.67. The maximum Gasteiger partial charge on any atom is 0.154 e. The van der Waals surface area contributed by atoms with Crippen molar-refractivity contribution in [3.05, 3.63) is 20.8 Å². The topological polar surface area (TPSA) is 34.1 Å². The normalized spacial score (nSPS) is 15.1. The second-order valence-corrected chi connectivity index (χ2v) is 9.06. The molecule has 0 bridgehead atoms. The highest BCUT2D eigenvalue weighted by atomic mass is 35.5. The minimum atomic E-state index is -3.22. The van der Waals surface area contributed by atoms with Gasteiger partial charge in [-0.05, 0) is 32.4 Å². The van der Waals surface area contributed by atoms with Gasteiger partial charge >= 0.3 is 0 Å². The van der Waals surface area contributed by atoms with E-state index in [1.54, 1.807) is 13.8 Å². The monoisotopic (exact) mass is 300 g/mol. The first-order chi connectivity index (χ1) is 7.07. The molecule has 1 unspecified atom stereocenters. The van der Waals surface area contributed by atoms with Gasteiger partial charge in [0.2, 0.25) is 0 Å². The van der Waals surface area contributed by atoms with E-state index in [2.05, 4.69) is 0 Å². The molecular formula is C10H14Cl2O2S2. The number of hydrogen-bond acceptors (Lipinski definition) is 3. The zero-order valence-electron chi connectivity index (χ0n) is 9.54. The minimum Gasteiger partial charge on any atom is -0.229 e. The lowest BCUT2D eigenvalue weighted by Crippen LogP contribution is -2.35. The quantitative estimate of drug-likeness (QED) is 0.796. The van der Waals surface area contributed by atoms with Crippen LogP contribution in [-0.4, -0.2) is 19.4 Å². The lowest BCUT2D eigenvalue weighted by Gasteiger charge is -2.27. The average Bonchev–Trinajstić information content (AvgIpc) is 2.43. The molecule has 0 aromatic carbocycles. The summed E-state index contributed by atoms with van der Waals surface area (Å²) in [6.07, 6.45) is 1.20. The SMILES string of the molecule is Cc1cc(C(Cl)C(C)(C)S(C)(=O)=O)sc1Cl. The molecule has 1 heterocycles. The van der Waals surface area contributed by atoms with Gasteiger partial charge in [0.15, 0.2) is 9.84 Å². The van der Waals surface area contributed by atoms with Crippen LogP contribution in [0.2, 0.25) is 4.34 Å². The molecule has 0 radical (unpaired) electrons. The number of sulfone groups is 1. The maximum atomic E-state index is 11.6. The van der Waals surface area contributed by atoms with E-state index >= 15 is 0 Å². The minimum absolute atomic E-state index is 0.585. The Morgan fingerprint density at radius 1 is 1.44 bits per heavy atom. The molecule has 0 aliphatic heterocycles. The van der Waals surface area contributed by atoms with E-state index in [1.807, 2.05) is 13.0 Å². The molecule has 2 nitrogen and oxygen atoms in total. The Bertz CT molecular complexity index is 469. The number of aryl methyl sites for hydroxylation is 1. The van der Waals surface area contributed by atoms with E-state index in [0.717, 1.165) is 10.4 Å². The molecule has 0 amide bonds. The summed E-state index contributed by atoms with van der Waals surface area (Å²) in [5.74, 6) is 0. The zero-order valence-corrected chi connectivity index (χ0v) is 12.7. The van der Waals surface area contributed by atoms with Crippen molar-refractivity contribution in [2.45, 2.75) is 30.9 Å². The van der Waals surface area contributed by atoms with Crippen molar-refractivity contribution >= 4 is 44.4 Å². The molecule has 0 saturated carbocycles. The first-order valence-corrected chi connectivity index (χ1v) is 8.19. The summed E-state index contributed by atoms with van der Waals surface area (Å²) in [5.41, 5.74) is 0.927. The van der Waals surface area contributed by atoms with E-state index in [-0.39, 0.29) is 0 Å². The summed E-state index contributed by atoms with van der Waals surface area (Å²) >= 11 is 13.5. The van der Waals surface area contributed by atoms with Crippen LogP contribution in [0.1, 0.15) is 29.7 Å². The summed E-state index contributed by atoms with van der Waals surface area (Å²) in [6, 6.07) is 1.84. The van der Waals surface area contributed by atoms with Gasteiger partial charge < -0.3 is 0 Å². The van der Waals surface area contributed by atoms with Crippen LogP contribution in [0.25, 0.3) is 0 Å². The fourth-order valence-electron chi connectivity index (χ4n) is 1.14. The van der Waals surface area contributed by atoms with Crippen LogP contribution in [0.15, 0.2) is 6.07 Å². The fourth-order valence-corrected chi connectivity index (χ4v) is 3.78. The van der Waals surface area contributed by atoms with E-state index in [1.165, 1.54) is 17.6 Å². The second-order valence-electron chi connectivity index (χ2n) is 4.34. The summed E-state index contributed by atoms with van der Waals surface area (Å²) in [4.78, 5) is 0.791. The van der Waals surface area contributed by atoms with Gasteiger partial charge in [0.25, 0.3) is 0 Å². The Kier molecular flexibility index (Phi) is 4.00. The predicted octanol–water partition coefficient (Wildman–Crippen LogP) is 3.81. The Morgan fingerprint density at radius 3 is 2.25 bits per heavy atom. The van der Waals surface area contributed by atoms with Crippen molar-refractivity contribution in [1.82, 2.24) is 0 Å². The van der Waals surface area contributed by atoms with Gasteiger partial charge in [-0.15, -0.1) is 22.9 Å². The van der Waals surface area contributed by atoms with Crippen LogP contribution in [0.5, 0.6) is 0 Å². The summed E-state index contributed by atoms with van der Waals surface area (Å²) in [7, 11) is -3.22. The highest BCUT2D eigenvalue weighted by Crippen LogP contribution is 2.42. The lowest BCUT2D eigenvalue weighted by molar-refractivity contribution is 0.545. The van der Waals surface area contributed by atoms with Crippen LogP contribution >= 0.6 is 34.5 Å². The van der Waals surface area contributed by atoms with Crippen molar-refractivity contribution in [2.75, 3.05) is 6.26 Å². The van der Waals surface area contributed by atoms with Gasteiger partial charge in [-0.2, -0.15) is 0 Å². The highest BCUT2D eigenvalue weighted by Gasteiger charge is 2.39. The van der Waals surface area contributed by atoms with E-state index < -0.39 is 20.0 Å². The molecule has 0 spiro atoms. The molecule has 1 aromatic heterocycles. The third-order valence-electron chi connectivity index (χ3n) is 2.69. The van der Waals surface area contributed by atoms with Gasteiger partial charge in [0, 0.05) is 11.1 Å². The average molecular weight is 301 g/mol. The Labute approximate surface area is 110 Å². The zero-order chi connectivity index (χ0) is 12.7. The predicted molar refractivity (Wildman–Crippen MR) is 71.6 cm³/mol. The largest absolute Gasteiger partial charge is 0.229 e. The summed E-state index contributed by atoms with van der Waals surface area (Å²) in [5, 5.41) is -0.585. The molecule has 0 saturated heterocycles. The molecule has 6 heteroatoms. The molecule has 1 aromatic rings. The summed E-state index contributed by atoms with van der Waals surface area (Å²) in [6.45, 7) is 5.13. The van der Waals surface area contributed by atoms with Crippen LogP contribution in [0.3, 0.4) is 0 Å². The molecule has 1 atom stereocenters. The van der Waals surface area contributed by atoms with Crippen molar-refractivity contribution in [3.63, 3.8) is 0 Å². The molecular weight excluding hydrogens is 287 g/mol. The van der Waals surface area contributed by atoms with Gasteiger partial charge in [0.1, 0.15) is 0 Å². The molecule has 92 valence electrons. The fraction of sp³-hybridized carbons (Fsp3) is 0.600. The molecule has 0 N–H and O–H groups in total. The van der Waals surface area contributed by atoms with Crippen molar-refractivity contribution in [2.24, 2.45) is 0 Å². The van der Waals surface area contributed by atoms with Gasteiger partial charge in [-0.25, -0.2) is 8.42 Å². The standard InChI is InChI=1S/C10H14Cl2O2S2/c1-6-5-7(15-9(6)12)8(11)10(2,3)16(4,13)14/h5,8H,1-4H3. The van der Waals surface area contributed by atoms with E-state index in [9.17, 15) is 8.42 Å². The Hall–Kier alpha value is 0.230. The third kappa shape index (κ3) is 2.55. The van der Waals surface area contributed by atoms with Gasteiger partial charge in [0.05, 0.1) is 14.5 Å². The van der Waals surface area contributed by atoms with Crippen molar-refractivity contribution in [3.8, 4) is 0 Å². The van der Waals surface area contributed by atoms with Crippen LogP contribution < -0.4 is 0 Å². The molecule has 16 heavy (non-hydrogen) atoms. The van der Waals surface area contributed by atoms with Gasteiger partial charge in [-0.1, -0.05) is 11.6 Å². The third-order valence-corrected chi connectivity index (χ3v) is 7.50. The maximum absolute atomic E-state index is 11.6. The molecule has 0 aliphatic carbocycles. The summed E-state index contributed by atoms with van der Waals surface area (Å²) < 4.78 is 22.9. The van der Waals surface area contributed by atoms with Crippen molar-refractivity contribution < 1.29 is 8.42 Å². The smallest absolute Gasteiger partial charge is 0.154 e. The highest BCUT2D eigenvalue weighted by molar-refractivity contribution is 7.92. The van der Waals surface area contributed by atoms with E-state index in [0.29, 0.717) is 4.34 Å². The number of alkyl halides is 1. The number of halogens is 2. The first kappa shape index (κ1) is 14.3. The van der Waals surface area contributed by atoms with Crippen molar-refractivity contribution in [1.29, 1.82) is 0 Å². The number of rotatable bonds is 3. The molecule has 0 aliphatic rings. The number of hydrogen-bond donors (Lipinski definition) is 0. The second kappa shape index (κ2) is 4.48. The van der Waals surface area contributed by atoms with Crippen LogP contribution in [0, 0.1) is 6.92 Å². The Morgan fingerprint density at radius 2 is 1.94 bits per heavy atom. The van der Waals surface area contributed by atoms with Crippen LogP contribution in [-0.2, 0) is 9.84 Å².